The lowest BCUT2D eigenvalue weighted by Crippen LogP contribution is -2.41. The fourth-order valence-corrected chi connectivity index (χ4v) is 5.84. The quantitative estimate of drug-likeness (QED) is 0.437. The average Bonchev–Trinajstić information content (AvgIpc) is 3.19. The van der Waals surface area contributed by atoms with Crippen LogP contribution in [-0.4, -0.2) is 70.7 Å². The van der Waals surface area contributed by atoms with Gasteiger partial charge in [-0.25, -0.2) is 4.79 Å². The Morgan fingerprint density at radius 2 is 1.72 bits per heavy atom. The largest absolute Gasteiger partial charge is 0.379 e. The van der Waals surface area contributed by atoms with Gasteiger partial charge >= 0.3 is 5.69 Å². The van der Waals surface area contributed by atoms with Crippen LogP contribution in [0.3, 0.4) is 0 Å². The summed E-state index contributed by atoms with van der Waals surface area (Å²) in [6.07, 6.45) is 4.27. The van der Waals surface area contributed by atoms with Gasteiger partial charge in [-0.1, -0.05) is 18.2 Å². The Balaban J connectivity index is 1.36. The monoisotopic (exact) mass is 486 g/mol. The molecule has 2 aliphatic rings. The molecule has 0 N–H and O–H groups in total. The van der Waals surface area contributed by atoms with Gasteiger partial charge in [-0.15, -0.1) is 10.2 Å². The second-order valence-electron chi connectivity index (χ2n) is 10.4. The van der Waals surface area contributed by atoms with E-state index in [1.807, 2.05) is 10.6 Å². The Bertz CT molecular complexity index is 1440. The van der Waals surface area contributed by atoms with Gasteiger partial charge in [0.25, 0.3) is 0 Å². The summed E-state index contributed by atoms with van der Waals surface area (Å²) in [5, 5.41) is 9.80. The molecule has 0 saturated carbocycles. The van der Waals surface area contributed by atoms with Crippen LogP contribution < -0.4 is 10.6 Å². The first-order chi connectivity index (χ1) is 17.5. The summed E-state index contributed by atoms with van der Waals surface area (Å²) < 4.78 is 9.22. The Morgan fingerprint density at radius 1 is 0.972 bits per heavy atom. The third-order valence-electron chi connectivity index (χ3n) is 8.03. The van der Waals surface area contributed by atoms with E-state index in [9.17, 15) is 4.79 Å². The molecule has 188 valence electrons. The van der Waals surface area contributed by atoms with Crippen molar-refractivity contribution in [3.05, 3.63) is 52.9 Å². The smallest absolute Gasteiger partial charge is 0.330 e. The number of fused-ring (bicyclic) bond motifs is 3. The number of ether oxygens (including phenoxy) is 1. The third-order valence-corrected chi connectivity index (χ3v) is 8.03. The maximum atomic E-state index is 13.2. The molecule has 2 aliphatic heterocycles. The molecule has 8 heteroatoms. The second-order valence-corrected chi connectivity index (χ2v) is 10.4. The maximum Gasteiger partial charge on any atom is 0.330 e. The van der Waals surface area contributed by atoms with Crippen molar-refractivity contribution >= 4 is 27.8 Å². The first-order valence-corrected chi connectivity index (χ1v) is 13.0. The number of aromatic nitrogens is 4. The van der Waals surface area contributed by atoms with Gasteiger partial charge in [-0.05, 0) is 75.2 Å². The maximum absolute atomic E-state index is 13.2. The van der Waals surface area contributed by atoms with Gasteiger partial charge in [-0.2, -0.15) is 0 Å². The van der Waals surface area contributed by atoms with Crippen LogP contribution in [0.4, 0.5) is 5.69 Å². The van der Waals surface area contributed by atoms with Gasteiger partial charge in [-0.3, -0.25) is 9.13 Å². The van der Waals surface area contributed by atoms with E-state index in [0.717, 1.165) is 60.1 Å². The van der Waals surface area contributed by atoms with Crippen LogP contribution in [0.2, 0.25) is 0 Å². The number of anilines is 1. The number of nitrogens with zero attached hydrogens (tertiary/aromatic N) is 6. The first kappa shape index (κ1) is 23.2. The Labute approximate surface area is 211 Å². The minimum Gasteiger partial charge on any atom is -0.379 e. The fourth-order valence-electron chi connectivity index (χ4n) is 5.84. The highest BCUT2D eigenvalue weighted by molar-refractivity contribution is 6.02. The van der Waals surface area contributed by atoms with Gasteiger partial charge in [0.05, 0.1) is 18.2 Å². The molecule has 0 aliphatic carbocycles. The second kappa shape index (κ2) is 9.33. The summed E-state index contributed by atoms with van der Waals surface area (Å²) in [4.78, 5) is 18.1. The molecule has 36 heavy (non-hydrogen) atoms. The fraction of sp³-hybridized carbons (Fsp3) is 0.464. The summed E-state index contributed by atoms with van der Waals surface area (Å²) in [6.45, 7) is 3.48. The van der Waals surface area contributed by atoms with Crippen molar-refractivity contribution in [2.45, 2.75) is 37.8 Å². The minimum absolute atomic E-state index is 0.0157. The van der Waals surface area contributed by atoms with Gasteiger partial charge < -0.3 is 14.5 Å². The Hall–Kier alpha value is -3.23. The highest BCUT2D eigenvalue weighted by atomic mass is 16.5. The van der Waals surface area contributed by atoms with Crippen LogP contribution in [0.25, 0.3) is 33.2 Å². The molecule has 0 spiro atoms. The molecule has 0 radical (unpaired) electrons. The van der Waals surface area contributed by atoms with Crippen LogP contribution in [0, 0.1) is 0 Å². The average molecular weight is 487 g/mol. The lowest BCUT2D eigenvalue weighted by molar-refractivity contribution is 0.0593. The lowest BCUT2D eigenvalue weighted by atomic mass is 10.0. The number of rotatable bonds is 4. The topological polar surface area (TPSA) is 68.4 Å². The molecule has 0 amide bonds. The molecule has 2 fully saturated rings. The summed E-state index contributed by atoms with van der Waals surface area (Å²) in [7, 11) is 6.13. The Morgan fingerprint density at radius 3 is 2.42 bits per heavy atom. The van der Waals surface area contributed by atoms with Crippen LogP contribution in [0.15, 0.2) is 47.3 Å². The zero-order valence-electron chi connectivity index (χ0n) is 21.4. The van der Waals surface area contributed by atoms with E-state index in [1.54, 1.807) is 11.6 Å². The van der Waals surface area contributed by atoms with Crippen molar-refractivity contribution in [1.82, 2.24) is 24.2 Å². The van der Waals surface area contributed by atoms with E-state index in [4.69, 9.17) is 4.74 Å². The molecule has 2 aromatic heterocycles. The number of benzene rings is 2. The van der Waals surface area contributed by atoms with Crippen LogP contribution in [0.1, 0.15) is 31.7 Å². The molecule has 0 unspecified atom stereocenters. The van der Waals surface area contributed by atoms with Gasteiger partial charge in [0.1, 0.15) is 5.52 Å². The number of piperidine rings is 1. The van der Waals surface area contributed by atoms with Gasteiger partial charge in [0, 0.05) is 43.9 Å². The van der Waals surface area contributed by atoms with Gasteiger partial charge in [0.2, 0.25) is 0 Å². The number of hydrogen-bond donors (Lipinski definition) is 0. The summed E-state index contributed by atoms with van der Waals surface area (Å²) in [5.41, 5.74) is 5.74. The van der Waals surface area contributed by atoms with Crippen molar-refractivity contribution in [2.75, 3.05) is 45.3 Å². The third kappa shape index (κ3) is 3.98. The lowest BCUT2D eigenvalue weighted by Gasteiger charge is -2.36. The molecule has 2 saturated heterocycles. The van der Waals surface area contributed by atoms with Crippen molar-refractivity contribution in [1.29, 1.82) is 0 Å². The van der Waals surface area contributed by atoms with Crippen LogP contribution >= 0.6 is 0 Å². The molecular formula is C28H34N6O2. The summed E-state index contributed by atoms with van der Waals surface area (Å²) >= 11 is 0. The van der Waals surface area contributed by atoms with E-state index in [-0.39, 0.29) is 11.7 Å². The zero-order chi connectivity index (χ0) is 24.8. The van der Waals surface area contributed by atoms with Crippen molar-refractivity contribution in [3.63, 3.8) is 0 Å². The van der Waals surface area contributed by atoms with E-state index in [0.29, 0.717) is 18.3 Å². The Kier molecular flexibility index (Phi) is 6.01. The van der Waals surface area contributed by atoms with Crippen molar-refractivity contribution < 1.29 is 4.74 Å². The zero-order valence-corrected chi connectivity index (χ0v) is 21.4. The van der Waals surface area contributed by atoms with E-state index in [2.05, 4.69) is 70.5 Å². The molecule has 0 bridgehead atoms. The molecule has 6 rings (SSSR count). The normalized spacial score (nSPS) is 19.6. The van der Waals surface area contributed by atoms with E-state index in [1.165, 1.54) is 18.5 Å². The van der Waals surface area contributed by atoms with Crippen LogP contribution in [0.5, 0.6) is 0 Å². The summed E-state index contributed by atoms with van der Waals surface area (Å²) in [6, 6.07) is 15.8. The first-order valence-electron chi connectivity index (χ1n) is 13.0. The van der Waals surface area contributed by atoms with Crippen molar-refractivity contribution in [2.24, 2.45) is 7.05 Å². The predicted octanol–water partition coefficient (Wildman–Crippen LogP) is 3.83. The highest BCUT2D eigenvalue weighted by Crippen LogP contribution is 2.32. The standard InChI is InChI=1S/C28H34N6O2/c1-31(2)21-12-14-33(15-13-21)22-9-6-19(7-10-22)20-8-11-25-24(17-20)26-27(30-29-25)32(3)28(35)34(26)23-5-4-16-36-18-23/h6-11,17,21,23H,4-5,12-16,18H2,1-3H3/t23-/m1/s1. The van der Waals surface area contributed by atoms with Crippen molar-refractivity contribution in [3.8, 4) is 11.1 Å². The molecular weight excluding hydrogens is 452 g/mol. The summed E-state index contributed by atoms with van der Waals surface area (Å²) in [5.74, 6) is 0. The van der Waals surface area contributed by atoms with E-state index < -0.39 is 0 Å². The molecule has 4 heterocycles. The predicted molar refractivity (Wildman–Crippen MR) is 144 cm³/mol. The molecule has 8 nitrogen and oxygen atoms in total. The highest BCUT2D eigenvalue weighted by Gasteiger charge is 2.25. The molecule has 1 atom stereocenters. The molecule has 4 aromatic rings. The number of imidazole rings is 1. The van der Waals surface area contributed by atoms with Gasteiger partial charge in [0.15, 0.2) is 5.65 Å². The SMILES string of the molecule is CN(C)C1CCN(c2ccc(-c3ccc4nnc5c(c4c3)n([C@@H]3CCCOC3)c(=O)n5C)cc2)CC1. The number of aryl methyl sites for hydroxylation is 1. The molecule has 2 aromatic carbocycles. The number of hydrogen-bond acceptors (Lipinski definition) is 6. The minimum atomic E-state index is -0.0601. The van der Waals surface area contributed by atoms with E-state index >= 15 is 0 Å². The van der Waals surface area contributed by atoms with Crippen LogP contribution in [-0.2, 0) is 11.8 Å².